The molecule has 6 heteroatoms. The van der Waals surface area contributed by atoms with Gasteiger partial charge < -0.3 is 4.84 Å². The van der Waals surface area contributed by atoms with Crippen molar-refractivity contribution in [1.82, 2.24) is 19.9 Å². The Kier molecular flexibility index (Phi) is 5.98. The molecule has 132 valence electrons. The summed E-state index contributed by atoms with van der Waals surface area (Å²) < 4.78 is 0. The average molecular weight is 347 g/mol. The summed E-state index contributed by atoms with van der Waals surface area (Å²) in [5, 5.41) is 4.15. The number of hydrogen-bond donors (Lipinski definition) is 0. The average Bonchev–Trinajstić information content (AvgIpc) is 2.68. The minimum absolute atomic E-state index is 0.530. The molecule has 0 fully saturated rings. The zero-order valence-electron chi connectivity index (χ0n) is 15.0. The second kappa shape index (κ2) is 8.80. The first-order valence-electron chi connectivity index (χ1n) is 8.55. The molecule has 0 aromatic carbocycles. The maximum absolute atomic E-state index is 5.43. The van der Waals surface area contributed by atoms with Crippen LogP contribution in [-0.4, -0.2) is 32.3 Å². The number of rotatable bonds is 7. The second-order valence-electron chi connectivity index (χ2n) is 5.89. The van der Waals surface area contributed by atoms with E-state index in [-0.39, 0.29) is 0 Å². The lowest BCUT2D eigenvalue weighted by molar-refractivity contribution is 0.141. The summed E-state index contributed by atoms with van der Waals surface area (Å²) in [4.78, 5) is 22.7. The van der Waals surface area contributed by atoms with Crippen molar-refractivity contribution in [3.8, 4) is 11.4 Å². The van der Waals surface area contributed by atoms with Crippen LogP contribution in [0.15, 0.2) is 60.1 Å². The number of hydrogen-bond acceptors (Lipinski definition) is 6. The maximum Gasteiger partial charge on any atom is 0.117 e. The highest BCUT2D eigenvalue weighted by Gasteiger charge is 2.03. The fraction of sp³-hybridized carbons (Fsp3) is 0.250. The summed E-state index contributed by atoms with van der Waals surface area (Å²) in [6.07, 6.45) is 4.89. The lowest BCUT2D eigenvalue weighted by atomic mass is 10.2. The molecule has 0 N–H and O–H groups in total. The number of aromatic nitrogens is 4. The molecule has 0 saturated heterocycles. The first-order chi connectivity index (χ1) is 12.7. The molecule has 0 amide bonds. The third-order valence-electron chi connectivity index (χ3n) is 3.78. The standard InChI is InChI=1S/C20H21N5O/c1-15-6-3-9-18(23-15)16(2)25-26-13-5-8-17-7-4-10-20(24-17)19-11-12-21-14-22-19/h3-4,6-7,9-12,14H,5,8,13H2,1-2H3. The first-order valence-corrected chi connectivity index (χ1v) is 8.55. The Bertz CT molecular complexity index is 880. The minimum Gasteiger partial charge on any atom is -0.396 e. The van der Waals surface area contributed by atoms with Crippen LogP contribution in [0.1, 0.15) is 30.4 Å². The number of nitrogens with zero attached hydrogens (tertiary/aromatic N) is 5. The van der Waals surface area contributed by atoms with Crippen LogP contribution in [0.2, 0.25) is 0 Å². The Hall–Kier alpha value is -3.15. The summed E-state index contributed by atoms with van der Waals surface area (Å²) in [7, 11) is 0. The van der Waals surface area contributed by atoms with E-state index in [0.717, 1.165) is 47.0 Å². The molecule has 0 unspecified atom stereocenters. The van der Waals surface area contributed by atoms with Gasteiger partial charge in [-0.15, -0.1) is 0 Å². The Labute approximate surface area is 153 Å². The van der Waals surface area contributed by atoms with Gasteiger partial charge in [0, 0.05) is 17.6 Å². The molecule has 0 saturated carbocycles. The second-order valence-corrected chi connectivity index (χ2v) is 5.89. The van der Waals surface area contributed by atoms with E-state index in [1.54, 1.807) is 6.20 Å². The topological polar surface area (TPSA) is 73.2 Å². The van der Waals surface area contributed by atoms with E-state index in [1.165, 1.54) is 6.33 Å². The van der Waals surface area contributed by atoms with Crippen LogP contribution < -0.4 is 0 Å². The SMILES string of the molecule is CC(=NOCCCc1cccc(-c2ccncn2)n1)c1cccc(C)n1. The molecule has 3 heterocycles. The van der Waals surface area contributed by atoms with Gasteiger partial charge in [0.05, 0.1) is 17.1 Å². The highest BCUT2D eigenvalue weighted by atomic mass is 16.6. The van der Waals surface area contributed by atoms with Gasteiger partial charge in [0.25, 0.3) is 0 Å². The van der Waals surface area contributed by atoms with E-state index in [4.69, 9.17) is 4.84 Å². The smallest absolute Gasteiger partial charge is 0.117 e. The summed E-state index contributed by atoms with van der Waals surface area (Å²) >= 11 is 0. The summed E-state index contributed by atoms with van der Waals surface area (Å²) in [5.74, 6) is 0. The molecule has 0 spiro atoms. The van der Waals surface area contributed by atoms with E-state index in [0.29, 0.717) is 6.61 Å². The summed E-state index contributed by atoms with van der Waals surface area (Å²) in [6.45, 7) is 4.39. The molecule has 6 nitrogen and oxygen atoms in total. The molecule has 0 bridgehead atoms. The van der Waals surface area contributed by atoms with E-state index in [1.807, 2.05) is 56.3 Å². The van der Waals surface area contributed by atoms with Gasteiger partial charge in [-0.1, -0.05) is 17.3 Å². The van der Waals surface area contributed by atoms with E-state index >= 15 is 0 Å². The predicted molar refractivity (Wildman–Crippen MR) is 101 cm³/mol. The van der Waals surface area contributed by atoms with Gasteiger partial charge in [0.15, 0.2) is 0 Å². The molecule has 26 heavy (non-hydrogen) atoms. The van der Waals surface area contributed by atoms with Crippen LogP contribution in [0.4, 0.5) is 0 Å². The Morgan fingerprint density at radius 1 is 1.04 bits per heavy atom. The Morgan fingerprint density at radius 2 is 1.92 bits per heavy atom. The molecule has 3 rings (SSSR count). The van der Waals surface area contributed by atoms with Gasteiger partial charge in [-0.25, -0.2) is 9.97 Å². The molecule has 3 aromatic heterocycles. The van der Waals surface area contributed by atoms with Crippen LogP contribution >= 0.6 is 0 Å². The molecule has 0 aliphatic carbocycles. The number of oxime groups is 1. The van der Waals surface area contributed by atoms with Crippen molar-refractivity contribution in [2.45, 2.75) is 26.7 Å². The molecule has 0 aliphatic heterocycles. The largest absolute Gasteiger partial charge is 0.396 e. The summed E-state index contributed by atoms with van der Waals surface area (Å²) in [6, 6.07) is 13.7. The molecule has 3 aromatic rings. The van der Waals surface area contributed by atoms with Gasteiger partial charge in [-0.2, -0.15) is 0 Å². The third-order valence-corrected chi connectivity index (χ3v) is 3.78. The van der Waals surface area contributed by atoms with Crippen molar-refractivity contribution >= 4 is 5.71 Å². The van der Waals surface area contributed by atoms with Crippen LogP contribution in [0.3, 0.4) is 0 Å². The molecule has 0 aliphatic rings. The van der Waals surface area contributed by atoms with Crippen molar-refractivity contribution in [3.63, 3.8) is 0 Å². The predicted octanol–water partition coefficient (Wildman–Crippen LogP) is 3.62. The van der Waals surface area contributed by atoms with Crippen LogP contribution in [0, 0.1) is 6.92 Å². The Balaban J connectivity index is 1.50. The molecule has 0 radical (unpaired) electrons. The zero-order chi connectivity index (χ0) is 18.2. The van der Waals surface area contributed by atoms with E-state index < -0.39 is 0 Å². The van der Waals surface area contributed by atoms with E-state index in [2.05, 4.69) is 25.1 Å². The molecule has 0 atom stereocenters. The minimum atomic E-state index is 0.530. The van der Waals surface area contributed by atoms with Gasteiger partial charge in [0.1, 0.15) is 18.6 Å². The highest BCUT2D eigenvalue weighted by molar-refractivity contribution is 5.96. The van der Waals surface area contributed by atoms with Crippen molar-refractivity contribution in [2.75, 3.05) is 6.61 Å². The number of pyridine rings is 2. The lowest BCUT2D eigenvalue weighted by Crippen LogP contribution is -2.02. The molecular weight excluding hydrogens is 326 g/mol. The summed E-state index contributed by atoms with van der Waals surface area (Å²) in [5.41, 5.74) is 5.26. The van der Waals surface area contributed by atoms with E-state index in [9.17, 15) is 0 Å². The highest BCUT2D eigenvalue weighted by Crippen LogP contribution is 2.14. The zero-order valence-corrected chi connectivity index (χ0v) is 15.0. The maximum atomic E-state index is 5.43. The first kappa shape index (κ1) is 17.7. The van der Waals surface area contributed by atoms with Crippen LogP contribution in [0.5, 0.6) is 0 Å². The van der Waals surface area contributed by atoms with Crippen LogP contribution in [-0.2, 0) is 11.3 Å². The number of aryl methyl sites for hydroxylation is 2. The Morgan fingerprint density at radius 3 is 2.73 bits per heavy atom. The third kappa shape index (κ3) is 4.92. The van der Waals surface area contributed by atoms with Crippen molar-refractivity contribution < 1.29 is 4.84 Å². The monoisotopic (exact) mass is 347 g/mol. The van der Waals surface area contributed by atoms with Gasteiger partial charge in [-0.05, 0) is 57.0 Å². The molecular formula is C20H21N5O. The fourth-order valence-corrected chi connectivity index (χ4v) is 2.46. The van der Waals surface area contributed by atoms with Crippen molar-refractivity contribution in [2.24, 2.45) is 5.16 Å². The van der Waals surface area contributed by atoms with Gasteiger partial charge in [-0.3, -0.25) is 9.97 Å². The fourth-order valence-electron chi connectivity index (χ4n) is 2.46. The van der Waals surface area contributed by atoms with Gasteiger partial charge >= 0.3 is 0 Å². The lowest BCUT2D eigenvalue weighted by Gasteiger charge is -2.05. The normalized spacial score (nSPS) is 11.4. The van der Waals surface area contributed by atoms with Crippen molar-refractivity contribution in [1.29, 1.82) is 0 Å². The van der Waals surface area contributed by atoms with Gasteiger partial charge in [0.2, 0.25) is 0 Å². The van der Waals surface area contributed by atoms with Crippen molar-refractivity contribution in [3.05, 3.63) is 72.1 Å². The quantitative estimate of drug-likeness (QED) is 0.371. The van der Waals surface area contributed by atoms with Crippen LogP contribution in [0.25, 0.3) is 11.4 Å².